The molecular formula is C20H26FN3OS. The van der Waals surface area contributed by atoms with Gasteiger partial charge in [-0.2, -0.15) is 0 Å². The summed E-state index contributed by atoms with van der Waals surface area (Å²) in [6, 6.07) is 5.13. The Morgan fingerprint density at radius 2 is 2.08 bits per heavy atom. The van der Waals surface area contributed by atoms with E-state index in [1.807, 2.05) is 18.7 Å². The molecule has 0 saturated carbocycles. The van der Waals surface area contributed by atoms with Gasteiger partial charge in [0, 0.05) is 24.7 Å². The van der Waals surface area contributed by atoms with Crippen molar-refractivity contribution in [3.63, 3.8) is 0 Å². The molecule has 0 bridgehead atoms. The maximum absolute atomic E-state index is 13.6. The standard InChI is InChI=1S/C20H26FN3OS/c1-5-23(6-2)16-9-10-24(12-16)20(25)18-14(4)22-19(26-18)17-11-15(21)8-7-13(17)3/h7-8,11,16H,5-6,9-10,12H2,1-4H3. The second-order valence-corrected chi connectivity index (χ2v) is 7.81. The Balaban J connectivity index is 1.81. The van der Waals surface area contributed by atoms with E-state index < -0.39 is 0 Å². The Morgan fingerprint density at radius 1 is 1.35 bits per heavy atom. The second kappa shape index (κ2) is 7.84. The number of likely N-dealkylation sites (N-methyl/N-ethyl adjacent to an activating group) is 1. The third-order valence-corrected chi connectivity index (χ3v) is 6.38. The smallest absolute Gasteiger partial charge is 0.265 e. The van der Waals surface area contributed by atoms with Gasteiger partial charge in [-0.05, 0) is 51.1 Å². The molecule has 140 valence electrons. The van der Waals surface area contributed by atoms with E-state index >= 15 is 0 Å². The van der Waals surface area contributed by atoms with Crippen LogP contribution in [0.3, 0.4) is 0 Å². The summed E-state index contributed by atoms with van der Waals surface area (Å²) in [6.45, 7) is 11.7. The third-order valence-electron chi connectivity index (χ3n) is 5.20. The average molecular weight is 376 g/mol. The fraction of sp³-hybridized carbons (Fsp3) is 0.500. The molecule has 2 aromatic rings. The van der Waals surface area contributed by atoms with Gasteiger partial charge in [0.25, 0.3) is 5.91 Å². The van der Waals surface area contributed by atoms with Crippen molar-refractivity contribution in [1.29, 1.82) is 0 Å². The molecule has 1 unspecified atom stereocenters. The summed E-state index contributed by atoms with van der Waals surface area (Å²) in [5.74, 6) is -0.233. The highest BCUT2D eigenvalue weighted by Gasteiger charge is 2.31. The van der Waals surface area contributed by atoms with Gasteiger partial charge < -0.3 is 4.90 Å². The summed E-state index contributed by atoms with van der Waals surface area (Å²) in [4.78, 5) is 22.6. The van der Waals surface area contributed by atoms with Crippen LogP contribution in [0.5, 0.6) is 0 Å². The Labute approximate surface area is 158 Å². The molecule has 1 amide bonds. The van der Waals surface area contributed by atoms with Crippen molar-refractivity contribution in [3.05, 3.63) is 40.2 Å². The second-order valence-electron chi connectivity index (χ2n) is 6.81. The molecule has 1 aliphatic rings. The van der Waals surface area contributed by atoms with Crippen LogP contribution in [-0.4, -0.2) is 52.9 Å². The lowest BCUT2D eigenvalue weighted by Gasteiger charge is -2.26. The number of amides is 1. The van der Waals surface area contributed by atoms with Crippen molar-refractivity contribution in [2.24, 2.45) is 0 Å². The van der Waals surface area contributed by atoms with E-state index in [0.29, 0.717) is 15.9 Å². The minimum absolute atomic E-state index is 0.0509. The number of hydrogen-bond acceptors (Lipinski definition) is 4. The van der Waals surface area contributed by atoms with Crippen LogP contribution in [0.15, 0.2) is 18.2 Å². The lowest BCUT2D eigenvalue weighted by molar-refractivity contribution is 0.0782. The van der Waals surface area contributed by atoms with Gasteiger partial charge in [-0.1, -0.05) is 19.9 Å². The van der Waals surface area contributed by atoms with Crippen LogP contribution in [0.25, 0.3) is 10.6 Å². The molecule has 2 heterocycles. The number of hydrogen-bond donors (Lipinski definition) is 0. The van der Waals surface area contributed by atoms with E-state index in [2.05, 4.69) is 23.7 Å². The number of carbonyl (C=O) groups excluding carboxylic acids is 1. The summed E-state index contributed by atoms with van der Waals surface area (Å²) < 4.78 is 13.6. The van der Waals surface area contributed by atoms with Crippen molar-refractivity contribution in [2.75, 3.05) is 26.2 Å². The van der Waals surface area contributed by atoms with Gasteiger partial charge in [-0.15, -0.1) is 11.3 Å². The van der Waals surface area contributed by atoms with Crippen LogP contribution in [-0.2, 0) is 0 Å². The van der Waals surface area contributed by atoms with Crippen LogP contribution >= 0.6 is 11.3 Å². The minimum atomic E-state index is -0.284. The third kappa shape index (κ3) is 3.67. The lowest BCUT2D eigenvalue weighted by Crippen LogP contribution is -2.38. The van der Waals surface area contributed by atoms with Gasteiger partial charge in [0.15, 0.2) is 0 Å². The zero-order chi connectivity index (χ0) is 18.8. The molecule has 1 saturated heterocycles. The zero-order valence-corrected chi connectivity index (χ0v) is 16.7. The van der Waals surface area contributed by atoms with Crippen molar-refractivity contribution in [1.82, 2.24) is 14.8 Å². The van der Waals surface area contributed by atoms with E-state index in [4.69, 9.17) is 0 Å². The number of rotatable bonds is 5. The van der Waals surface area contributed by atoms with Gasteiger partial charge in [0.05, 0.1) is 5.69 Å². The number of carbonyl (C=O) groups is 1. The number of aryl methyl sites for hydroxylation is 2. The first kappa shape index (κ1) is 19.0. The van der Waals surface area contributed by atoms with E-state index in [0.717, 1.165) is 49.4 Å². The molecule has 0 radical (unpaired) electrons. The van der Waals surface area contributed by atoms with Crippen LogP contribution in [0.1, 0.15) is 41.2 Å². The number of nitrogens with zero attached hydrogens (tertiary/aromatic N) is 3. The number of benzene rings is 1. The SMILES string of the molecule is CCN(CC)C1CCN(C(=O)c2sc(-c3cc(F)ccc3C)nc2C)C1. The van der Waals surface area contributed by atoms with Crippen LogP contribution in [0.4, 0.5) is 4.39 Å². The van der Waals surface area contributed by atoms with Crippen molar-refractivity contribution in [3.8, 4) is 10.6 Å². The summed E-state index contributed by atoms with van der Waals surface area (Å²) in [7, 11) is 0. The van der Waals surface area contributed by atoms with E-state index in [-0.39, 0.29) is 11.7 Å². The van der Waals surface area contributed by atoms with Crippen LogP contribution in [0.2, 0.25) is 0 Å². The molecule has 26 heavy (non-hydrogen) atoms. The highest BCUT2D eigenvalue weighted by molar-refractivity contribution is 7.17. The molecule has 1 aromatic heterocycles. The monoisotopic (exact) mass is 375 g/mol. The first-order valence-electron chi connectivity index (χ1n) is 9.21. The number of thiazole rings is 1. The van der Waals surface area contributed by atoms with Crippen molar-refractivity contribution >= 4 is 17.2 Å². The topological polar surface area (TPSA) is 36.4 Å². The summed E-state index contributed by atoms with van der Waals surface area (Å²) in [6.07, 6.45) is 1.02. The molecular weight excluding hydrogens is 349 g/mol. The summed E-state index contributed by atoms with van der Waals surface area (Å²) in [5, 5.41) is 0.710. The Kier molecular flexibility index (Phi) is 5.73. The molecule has 6 heteroatoms. The Hall–Kier alpha value is -1.79. The van der Waals surface area contributed by atoms with Gasteiger partial charge >= 0.3 is 0 Å². The highest BCUT2D eigenvalue weighted by Crippen LogP contribution is 2.32. The normalized spacial score (nSPS) is 17.3. The quantitative estimate of drug-likeness (QED) is 0.789. The molecule has 3 rings (SSSR count). The molecule has 1 fully saturated rings. The molecule has 4 nitrogen and oxygen atoms in total. The largest absolute Gasteiger partial charge is 0.336 e. The predicted molar refractivity (Wildman–Crippen MR) is 104 cm³/mol. The van der Waals surface area contributed by atoms with Crippen molar-refractivity contribution < 1.29 is 9.18 Å². The fourth-order valence-corrected chi connectivity index (χ4v) is 4.76. The van der Waals surface area contributed by atoms with Gasteiger partial charge in [0.2, 0.25) is 0 Å². The molecule has 1 aromatic carbocycles. The minimum Gasteiger partial charge on any atom is -0.336 e. The summed E-state index contributed by atoms with van der Waals surface area (Å²) >= 11 is 1.37. The molecule has 0 aliphatic carbocycles. The van der Waals surface area contributed by atoms with E-state index in [1.54, 1.807) is 6.07 Å². The van der Waals surface area contributed by atoms with Crippen molar-refractivity contribution in [2.45, 2.75) is 40.2 Å². The Bertz CT molecular complexity index is 800. The lowest BCUT2D eigenvalue weighted by atomic mass is 10.1. The molecule has 0 N–H and O–H groups in total. The van der Waals surface area contributed by atoms with Gasteiger partial charge in [-0.3, -0.25) is 9.69 Å². The molecule has 1 atom stereocenters. The zero-order valence-electron chi connectivity index (χ0n) is 15.9. The Morgan fingerprint density at radius 3 is 2.77 bits per heavy atom. The number of halogens is 1. The van der Waals surface area contributed by atoms with Gasteiger partial charge in [-0.25, -0.2) is 9.37 Å². The average Bonchev–Trinajstić information content (AvgIpc) is 3.25. The number of likely N-dealkylation sites (tertiary alicyclic amines) is 1. The maximum Gasteiger partial charge on any atom is 0.265 e. The number of aromatic nitrogens is 1. The fourth-order valence-electron chi connectivity index (χ4n) is 3.64. The van der Waals surface area contributed by atoms with E-state index in [1.165, 1.54) is 23.5 Å². The van der Waals surface area contributed by atoms with Gasteiger partial charge in [0.1, 0.15) is 15.7 Å². The predicted octanol–water partition coefficient (Wildman–Crippen LogP) is 4.12. The highest BCUT2D eigenvalue weighted by atomic mass is 32.1. The van der Waals surface area contributed by atoms with E-state index in [9.17, 15) is 9.18 Å². The first-order chi connectivity index (χ1) is 12.4. The molecule has 0 spiro atoms. The van der Waals surface area contributed by atoms with Crippen LogP contribution < -0.4 is 0 Å². The molecule has 1 aliphatic heterocycles. The summed E-state index contributed by atoms with van der Waals surface area (Å²) in [5.41, 5.74) is 2.45. The maximum atomic E-state index is 13.6. The van der Waals surface area contributed by atoms with Crippen LogP contribution in [0, 0.1) is 19.7 Å². The first-order valence-corrected chi connectivity index (χ1v) is 10.0.